The number of H-pyrrole nitrogens is 1. The number of amides is 1. The molecule has 1 N–H and O–H groups in total. The van der Waals surface area contributed by atoms with Gasteiger partial charge in [-0.3, -0.25) is 4.79 Å². The van der Waals surface area contributed by atoms with Crippen molar-refractivity contribution in [2.75, 3.05) is 6.54 Å². The number of carbonyl (C=O) groups excluding carboxylic acids is 1. The number of carbonyl (C=O) groups is 1. The fourth-order valence-corrected chi connectivity index (χ4v) is 2.37. The first kappa shape index (κ1) is 15.8. The van der Waals surface area contributed by atoms with E-state index in [1.54, 1.807) is 34.1 Å². The van der Waals surface area contributed by atoms with Gasteiger partial charge in [0.1, 0.15) is 0 Å². The molecule has 9 heteroatoms. The monoisotopic (exact) mass is 326 g/mol. The first-order chi connectivity index (χ1) is 11.6. The first-order valence-electron chi connectivity index (χ1n) is 7.62. The molecule has 0 aliphatic rings. The summed E-state index contributed by atoms with van der Waals surface area (Å²) in [6, 6.07) is 7.24. The van der Waals surface area contributed by atoms with Crippen molar-refractivity contribution in [1.29, 1.82) is 0 Å². The number of tetrazole rings is 1. The van der Waals surface area contributed by atoms with Gasteiger partial charge in [0.15, 0.2) is 5.82 Å². The molecule has 0 radical (unpaired) electrons. The third-order valence-corrected chi connectivity index (χ3v) is 3.40. The molecule has 0 aliphatic heterocycles. The molecule has 0 atom stereocenters. The quantitative estimate of drug-likeness (QED) is 0.726. The van der Waals surface area contributed by atoms with E-state index in [1.165, 1.54) is 0 Å². The van der Waals surface area contributed by atoms with Gasteiger partial charge in [0.2, 0.25) is 0 Å². The van der Waals surface area contributed by atoms with Crippen LogP contribution in [0.1, 0.15) is 30.0 Å². The van der Waals surface area contributed by atoms with E-state index in [4.69, 9.17) is 0 Å². The van der Waals surface area contributed by atoms with Crippen molar-refractivity contribution in [3.05, 3.63) is 48.0 Å². The van der Waals surface area contributed by atoms with Gasteiger partial charge in [-0.05, 0) is 30.2 Å². The second-order valence-corrected chi connectivity index (χ2v) is 5.80. The molecule has 1 aromatic carbocycles. The van der Waals surface area contributed by atoms with Crippen LogP contribution in [-0.4, -0.2) is 53.0 Å². The summed E-state index contributed by atoms with van der Waals surface area (Å²) in [6.07, 6.45) is 3.35. The molecule has 124 valence electrons. The van der Waals surface area contributed by atoms with Crippen LogP contribution >= 0.6 is 0 Å². The van der Waals surface area contributed by atoms with Crippen LogP contribution in [0.4, 0.5) is 0 Å². The van der Waals surface area contributed by atoms with Gasteiger partial charge in [-0.25, -0.2) is 4.68 Å². The molecular formula is C15H18N8O. The standard InChI is InChI=1S/C15H18N8O/c1-11(2)9-22(10-14-17-19-20-18-14)15(24)12-3-5-13(6-4-12)23-8-7-16-21-23/h3-8,11H,9-10H2,1-2H3,(H,17,18,19,20). The molecule has 0 bridgehead atoms. The van der Waals surface area contributed by atoms with Gasteiger partial charge >= 0.3 is 0 Å². The van der Waals surface area contributed by atoms with E-state index in [-0.39, 0.29) is 5.91 Å². The van der Waals surface area contributed by atoms with Gasteiger partial charge in [0.05, 0.1) is 24.6 Å². The maximum Gasteiger partial charge on any atom is 0.254 e. The highest BCUT2D eigenvalue weighted by Crippen LogP contribution is 2.13. The Morgan fingerprint density at radius 1 is 1.29 bits per heavy atom. The molecule has 0 fully saturated rings. The van der Waals surface area contributed by atoms with Crippen LogP contribution in [0.3, 0.4) is 0 Å². The molecule has 9 nitrogen and oxygen atoms in total. The molecule has 0 saturated heterocycles. The second kappa shape index (κ2) is 6.99. The minimum absolute atomic E-state index is 0.0707. The van der Waals surface area contributed by atoms with Crippen molar-refractivity contribution in [2.45, 2.75) is 20.4 Å². The van der Waals surface area contributed by atoms with E-state index in [0.29, 0.717) is 30.4 Å². The zero-order valence-corrected chi connectivity index (χ0v) is 13.5. The lowest BCUT2D eigenvalue weighted by Gasteiger charge is -2.23. The lowest BCUT2D eigenvalue weighted by molar-refractivity contribution is 0.0718. The Morgan fingerprint density at radius 2 is 2.08 bits per heavy atom. The van der Waals surface area contributed by atoms with Crippen LogP contribution < -0.4 is 0 Å². The van der Waals surface area contributed by atoms with E-state index in [2.05, 4.69) is 44.8 Å². The van der Waals surface area contributed by atoms with Gasteiger partial charge in [0.25, 0.3) is 5.91 Å². The molecule has 1 amide bonds. The van der Waals surface area contributed by atoms with E-state index in [0.717, 1.165) is 5.69 Å². The van der Waals surface area contributed by atoms with Crippen LogP contribution in [0.25, 0.3) is 5.69 Å². The molecule has 3 rings (SSSR count). The zero-order valence-electron chi connectivity index (χ0n) is 13.5. The highest BCUT2D eigenvalue weighted by molar-refractivity contribution is 5.94. The van der Waals surface area contributed by atoms with E-state index in [1.807, 2.05) is 12.1 Å². The third kappa shape index (κ3) is 3.62. The average molecular weight is 326 g/mol. The van der Waals surface area contributed by atoms with E-state index >= 15 is 0 Å². The van der Waals surface area contributed by atoms with Crippen molar-refractivity contribution < 1.29 is 4.79 Å². The predicted octanol–water partition coefficient (Wildman–Crippen LogP) is 1.08. The van der Waals surface area contributed by atoms with Gasteiger partial charge in [-0.2, -0.15) is 5.21 Å². The van der Waals surface area contributed by atoms with Gasteiger partial charge < -0.3 is 4.90 Å². The van der Waals surface area contributed by atoms with Gasteiger partial charge in [-0.1, -0.05) is 24.3 Å². The third-order valence-electron chi connectivity index (χ3n) is 3.40. The summed E-state index contributed by atoms with van der Waals surface area (Å²) in [5.41, 5.74) is 1.45. The SMILES string of the molecule is CC(C)CN(Cc1nn[nH]n1)C(=O)c1ccc(-n2ccnn2)cc1. The van der Waals surface area contributed by atoms with E-state index < -0.39 is 0 Å². The van der Waals surface area contributed by atoms with Gasteiger partial charge in [-0.15, -0.1) is 15.3 Å². The Bertz CT molecular complexity index is 764. The lowest BCUT2D eigenvalue weighted by atomic mass is 10.1. The summed E-state index contributed by atoms with van der Waals surface area (Å²) in [5, 5.41) is 21.5. The predicted molar refractivity (Wildman–Crippen MR) is 85.1 cm³/mol. The Balaban J connectivity index is 1.78. The van der Waals surface area contributed by atoms with Crippen LogP contribution in [-0.2, 0) is 6.54 Å². The fourth-order valence-electron chi connectivity index (χ4n) is 2.37. The maximum atomic E-state index is 12.8. The molecule has 2 heterocycles. The Labute approximate surface area is 138 Å². The summed E-state index contributed by atoms with van der Waals surface area (Å²) in [5.74, 6) is 0.747. The molecule has 2 aromatic heterocycles. The van der Waals surface area contributed by atoms with Gasteiger partial charge in [0, 0.05) is 12.1 Å². The Kier molecular flexibility index (Phi) is 4.59. The largest absolute Gasteiger partial charge is 0.331 e. The van der Waals surface area contributed by atoms with Crippen molar-refractivity contribution >= 4 is 5.91 Å². The second-order valence-electron chi connectivity index (χ2n) is 5.80. The summed E-state index contributed by atoms with van der Waals surface area (Å²) in [4.78, 5) is 14.5. The molecule has 3 aromatic rings. The molecule has 0 saturated carbocycles. The molecular weight excluding hydrogens is 308 g/mol. The molecule has 0 spiro atoms. The minimum Gasteiger partial charge on any atom is -0.331 e. The van der Waals surface area contributed by atoms with E-state index in [9.17, 15) is 4.79 Å². The minimum atomic E-state index is -0.0707. The lowest BCUT2D eigenvalue weighted by Crippen LogP contribution is -2.34. The number of nitrogens with zero attached hydrogens (tertiary/aromatic N) is 7. The van der Waals surface area contributed by atoms with Crippen LogP contribution in [0.2, 0.25) is 0 Å². The summed E-state index contributed by atoms with van der Waals surface area (Å²) >= 11 is 0. The first-order valence-corrected chi connectivity index (χ1v) is 7.62. The van der Waals surface area contributed by atoms with Crippen LogP contribution in [0.5, 0.6) is 0 Å². The topological polar surface area (TPSA) is 105 Å². The normalized spacial score (nSPS) is 11.0. The van der Waals surface area contributed by atoms with Crippen LogP contribution in [0, 0.1) is 5.92 Å². The molecule has 0 unspecified atom stereocenters. The molecule has 24 heavy (non-hydrogen) atoms. The average Bonchev–Trinajstić information content (AvgIpc) is 3.27. The zero-order chi connectivity index (χ0) is 16.9. The number of rotatable bonds is 6. The van der Waals surface area contributed by atoms with Crippen molar-refractivity contribution in [3.8, 4) is 5.69 Å². The number of benzene rings is 1. The number of nitrogens with one attached hydrogen (secondary N) is 1. The highest BCUT2D eigenvalue weighted by Gasteiger charge is 2.19. The number of hydrogen-bond acceptors (Lipinski definition) is 6. The summed E-state index contributed by atoms with van der Waals surface area (Å²) in [6.45, 7) is 5.05. The van der Waals surface area contributed by atoms with Crippen molar-refractivity contribution in [2.24, 2.45) is 5.92 Å². The van der Waals surface area contributed by atoms with Crippen molar-refractivity contribution in [1.82, 2.24) is 40.5 Å². The summed E-state index contributed by atoms with van der Waals surface area (Å²) < 4.78 is 1.64. The number of aromatic amines is 1. The summed E-state index contributed by atoms with van der Waals surface area (Å²) in [7, 11) is 0. The number of aromatic nitrogens is 7. The number of hydrogen-bond donors (Lipinski definition) is 1. The fraction of sp³-hybridized carbons (Fsp3) is 0.333. The Morgan fingerprint density at radius 3 is 2.67 bits per heavy atom. The van der Waals surface area contributed by atoms with Crippen molar-refractivity contribution in [3.63, 3.8) is 0 Å². The highest BCUT2D eigenvalue weighted by atomic mass is 16.2. The Hall–Kier alpha value is -3.10. The van der Waals surface area contributed by atoms with Crippen LogP contribution in [0.15, 0.2) is 36.7 Å². The maximum absolute atomic E-state index is 12.8. The smallest absolute Gasteiger partial charge is 0.254 e. The molecule has 0 aliphatic carbocycles.